The van der Waals surface area contributed by atoms with Gasteiger partial charge in [0.25, 0.3) is 0 Å². The van der Waals surface area contributed by atoms with E-state index in [0.717, 1.165) is 12.1 Å². The van der Waals surface area contributed by atoms with Crippen LogP contribution in [0.25, 0.3) is 0 Å². The van der Waals surface area contributed by atoms with E-state index in [2.05, 4.69) is 10.1 Å². The Labute approximate surface area is 157 Å². The van der Waals surface area contributed by atoms with Gasteiger partial charge in [-0.2, -0.15) is 0 Å². The van der Waals surface area contributed by atoms with E-state index in [1.54, 1.807) is 24.3 Å². The van der Waals surface area contributed by atoms with Crippen LogP contribution in [0, 0.1) is 5.92 Å². The minimum absolute atomic E-state index is 0.0202. The van der Waals surface area contributed by atoms with Crippen molar-refractivity contribution in [3.63, 3.8) is 0 Å². The van der Waals surface area contributed by atoms with Gasteiger partial charge in [-0.1, -0.05) is 23.7 Å². The third-order valence-corrected chi connectivity index (χ3v) is 4.31. The Morgan fingerprint density at radius 1 is 1.15 bits per heavy atom. The fourth-order valence-electron chi connectivity index (χ4n) is 2.77. The van der Waals surface area contributed by atoms with Gasteiger partial charge >= 0.3 is 6.36 Å². The number of hydrogen-bond acceptors (Lipinski definition) is 3. The van der Waals surface area contributed by atoms with E-state index in [4.69, 9.17) is 11.6 Å². The fraction of sp³-hybridized carbons (Fsp3) is 0.222. The molecule has 27 heavy (non-hydrogen) atoms. The number of carbonyl (C=O) groups excluding carboxylic acids is 2. The minimum Gasteiger partial charge on any atom is -0.406 e. The lowest BCUT2D eigenvalue weighted by Gasteiger charge is -2.18. The van der Waals surface area contributed by atoms with Gasteiger partial charge in [-0.25, -0.2) is 0 Å². The lowest BCUT2D eigenvalue weighted by atomic mass is 10.1. The minimum atomic E-state index is -4.78. The number of nitrogens with zero attached hydrogens (tertiary/aromatic N) is 1. The summed E-state index contributed by atoms with van der Waals surface area (Å²) in [5, 5.41) is 3.00. The molecular formula is C18H14ClF3N2O3. The zero-order valence-corrected chi connectivity index (χ0v) is 14.6. The van der Waals surface area contributed by atoms with Crippen LogP contribution in [0.5, 0.6) is 5.75 Å². The lowest BCUT2D eigenvalue weighted by Crippen LogP contribution is -2.28. The van der Waals surface area contributed by atoms with Crippen LogP contribution in [0.15, 0.2) is 48.5 Å². The molecule has 1 N–H and O–H groups in total. The summed E-state index contributed by atoms with van der Waals surface area (Å²) in [5.74, 6) is -1.61. The van der Waals surface area contributed by atoms with Gasteiger partial charge in [-0.05, 0) is 36.4 Å². The first kappa shape index (κ1) is 19.0. The summed E-state index contributed by atoms with van der Waals surface area (Å²) in [6.07, 6.45) is -4.76. The molecule has 0 aromatic heterocycles. The zero-order chi connectivity index (χ0) is 19.6. The second kappa shape index (κ2) is 7.48. The van der Waals surface area contributed by atoms with Crippen LogP contribution in [0.4, 0.5) is 24.5 Å². The highest BCUT2D eigenvalue weighted by molar-refractivity contribution is 6.33. The first-order chi connectivity index (χ1) is 12.7. The van der Waals surface area contributed by atoms with Gasteiger partial charge in [0.2, 0.25) is 11.8 Å². The molecule has 1 heterocycles. The Balaban J connectivity index is 1.64. The Morgan fingerprint density at radius 2 is 1.81 bits per heavy atom. The predicted molar refractivity (Wildman–Crippen MR) is 93.7 cm³/mol. The van der Waals surface area contributed by atoms with Crippen LogP contribution in [0.2, 0.25) is 5.02 Å². The number of rotatable bonds is 4. The number of hydrogen-bond donors (Lipinski definition) is 1. The van der Waals surface area contributed by atoms with Crippen LogP contribution in [-0.4, -0.2) is 24.7 Å². The second-order valence-corrected chi connectivity index (χ2v) is 6.33. The number of ether oxygens (including phenoxy) is 1. The van der Waals surface area contributed by atoms with Gasteiger partial charge in [0.05, 0.1) is 16.6 Å². The molecule has 2 amide bonds. The zero-order valence-electron chi connectivity index (χ0n) is 13.8. The molecule has 1 aliphatic rings. The van der Waals surface area contributed by atoms with Crippen molar-refractivity contribution in [1.82, 2.24) is 0 Å². The molecule has 0 spiro atoms. The van der Waals surface area contributed by atoms with Crippen LogP contribution in [-0.2, 0) is 9.59 Å². The Kier molecular flexibility index (Phi) is 5.27. The Hall–Kier alpha value is -2.74. The number of anilines is 2. The number of amides is 2. The van der Waals surface area contributed by atoms with Gasteiger partial charge in [-0.3, -0.25) is 9.59 Å². The molecule has 3 rings (SSSR count). The number of carbonyl (C=O) groups is 2. The topological polar surface area (TPSA) is 58.6 Å². The van der Waals surface area contributed by atoms with Crippen molar-refractivity contribution in [2.24, 2.45) is 5.92 Å². The summed E-state index contributed by atoms with van der Waals surface area (Å²) in [5.41, 5.74) is 0.839. The maximum absolute atomic E-state index is 12.4. The molecule has 0 aliphatic carbocycles. The monoisotopic (exact) mass is 398 g/mol. The largest absolute Gasteiger partial charge is 0.573 e. The van der Waals surface area contributed by atoms with Crippen molar-refractivity contribution < 1.29 is 27.5 Å². The van der Waals surface area contributed by atoms with Crippen LogP contribution in [0.1, 0.15) is 6.42 Å². The standard InChI is InChI=1S/C18H14ClF3N2O3/c19-14-3-1-2-4-15(14)24-10-11(9-16(24)25)17(26)23-12-5-7-13(8-6-12)27-18(20,21)22/h1-8,11H,9-10H2,(H,23,26)/t11-/m0/s1. The third kappa shape index (κ3) is 4.71. The molecule has 0 unspecified atom stereocenters. The van der Waals surface area contributed by atoms with E-state index < -0.39 is 18.2 Å². The van der Waals surface area contributed by atoms with E-state index in [1.165, 1.54) is 17.0 Å². The van der Waals surface area contributed by atoms with Gasteiger partial charge in [0, 0.05) is 18.7 Å². The summed E-state index contributed by atoms with van der Waals surface area (Å²) in [4.78, 5) is 26.1. The van der Waals surface area contributed by atoms with Crippen molar-refractivity contribution in [1.29, 1.82) is 0 Å². The number of halogens is 4. The molecule has 1 saturated heterocycles. The lowest BCUT2D eigenvalue weighted by molar-refractivity contribution is -0.274. The molecule has 0 saturated carbocycles. The van der Waals surface area contributed by atoms with Crippen molar-refractivity contribution in [3.05, 3.63) is 53.6 Å². The molecule has 2 aromatic rings. The average molecular weight is 399 g/mol. The molecule has 2 aromatic carbocycles. The highest BCUT2D eigenvalue weighted by Crippen LogP contribution is 2.31. The van der Waals surface area contributed by atoms with E-state index in [1.807, 2.05) is 0 Å². The summed E-state index contributed by atoms with van der Waals surface area (Å²) in [6.45, 7) is 0.170. The maximum Gasteiger partial charge on any atom is 0.573 e. The molecule has 142 valence electrons. The maximum atomic E-state index is 12.4. The molecule has 1 fully saturated rings. The molecule has 9 heteroatoms. The number of para-hydroxylation sites is 1. The number of benzene rings is 2. The number of nitrogens with one attached hydrogen (secondary N) is 1. The molecular weight excluding hydrogens is 385 g/mol. The third-order valence-electron chi connectivity index (χ3n) is 3.99. The van der Waals surface area contributed by atoms with Gasteiger partial charge in [0.15, 0.2) is 0 Å². The van der Waals surface area contributed by atoms with Gasteiger partial charge in [0.1, 0.15) is 5.75 Å². The van der Waals surface area contributed by atoms with E-state index >= 15 is 0 Å². The summed E-state index contributed by atoms with van der Waals surface area (Å²) >= 11 is 6.10. The predicted octanol–water partition coefficient (Wildman–Crippen LogP) is 4.23. The molecule has 5 nitrogen and oxygen atoms in total. The van der Waals surface area contributed by atoms with E-state index in [9.17, 15) is 22.8 Å². The quantitative estimate of drug-likeness (QED) is 0.838. The Bertz CT molecular complexity index is 856. The smallest absolute Gasteiger partial charge is 0.406 e. The van der Waals surface area contributed by atoms with Crippen molar-refractivity contribution in [2.45, 2.75) is 12.8 Å². The summed E-state index contributed by atoms with van der Waals surface area (Å²) in [6, 6.07) is 11.6. The molecule has 0 bridgehead atoms. The summed E-state index contributed by atoms with van der Waals surface area (Å²) in [7, 11) is 0. The van der Waals surface area contributed by atoms with E-state index in [0.29, 0.717) is 16.4 Å². The first-order valence-electron chi connectivity index (χ1n) is 7.94. The van der Waals surface area contributed by atoms with Crippen LogP contribution in [0.3, 0.4) is 0 Å². The van der Waals surface area contributed by atoms with Crippen molar-refractivity contribution in [3.8, 4) is 5.75 Å². The second-order valence-electron chi connectivity index (χ2n) is 5.92. The highest BCUT2D eigenvalue weighted by atomic mass is 35.5. The van der Waals surface area contributed by atoms with Crippen LogP contribution >= 0.6 is 11.6 Å². The summed E-state index contributed by atoms with van der Waals surface area (Å²) < 4.78 is 40.3. The van der Waals surface area contributed by atoms with E-state index in [-0.39, 0.29) is 24.6 Å². The molecule has 1 aliphatic heterocycles. The van der Waals surface area contributed by atoms with Gasteiger partial charge < -0.3 is 15.0 Å². The van der Waals surface area contributed by atoms with Crippen molar-refractivity contribution >= 4 is 34.8 Å². The highest BCUT2D eigenvalue weighted by Gasteiger charge is 2.36. The first-order valence-corrected chi connectivity index (χ1v) is 8.32. The molecule has 1 atom stereocenters. The normalized spacial score (nSPS) is 17.1. The van der Waals surface area contributed by atoms with Crippen LogP contribution < -0.4 is 15.0 Å². The number of alkyl halides is 3. The fourth-order valence-corrected chi connectivity index (χ4v) is 3.01. The SMILES string of the molecule is O=C(Nc1ccc(OC(F)(F)F)cc1)[C@H]1CC(=O)N(c2ccccc2Cl)C1. The van der Waals surface area contributed by atoms with Gasteiger partial charge in [-0.15, -0.1) is 13.2 Å². The average Bonchev–Trinajstić information content (AvgIpc) is 2.97. The Morgan fingerprint density at radius 3 is 2.44 bits per heavy atom. The molecule has 0 radical (unpaired) electrons. The van der Waals surface area contributed by atoms with Crippen molar-refractivity contribution in [2.75, 3.05) is 16.8 Å².